The Morgan fingerprint density at radius 1 is 1.30 bits per heavy atom. The minimum absolute atomic E-state index is 0.0786. The third-order valence-corrected chi connectivity index (χ3v) is 4.21. The van der Waals surface area contributed by atoms with E-state index in [4.69, 9.17) is 0 Å². The largest absolute Gasteiger partial charge is 0.293 e. The molecule has 106 valence electrons. The Bertz CT molecular complexity index is 604. The molecule has 0 aliphatic carbocycles. The Morgan fingerprint density at radius 2 is 1.95 bits per heavy atom. The van der Waals surface area contributed by atoms with Crippen LogP contribution in [0.4, 0.5) is 0 Å². The van der Waals surface area contributed by atoms with Crippen molar-refractivity contribution < 1.29 is 4.79 Å². The predicted molar refractivity (Wildman–Crippen MR) is 87.0 cm³/mol. The third-order valence-electron chi connectivity index (χ3n) is 2.57. The summed E-state index contributed by atoms with van der Waals surface area (Å²) in [5.41, 5.74) is 0.519. The summed E-state index contributed by atoms with van der Waals surface area (Å²) in [6, 6.07) is 7.55. The number of benzene rings is 1. The molecule has 20 heavy (non-hydrogen) atoms. The van der Waals surface area contributed by atoms with Crippen molar-refractivity contribution in [1.29, 1.82) is 0 Å². The number of rotatable bonds is 4. The Hall–Kier alpha value is -0.960. The molecule has 1 aromatic heterocycles. The van der Waals surface area contributed by atoms with Crippen LogP contribution in [0.1, 0.15) is 31.1 Å². The van der Waals surface area contributed by atoms with Gasteiger partial charge in [-0.1, -0.05) is 23.9 Å². The smallest absolute Gasteiger partial charge is 0.210 e. The standard InChI is InChI=1S/C13H15IN4OS/c1-13(2,3)18-12(15-16-17-18)20-8-11(19)9-4-6-10(14)7-5-9/h4-7H,8H2,1-3H3. The molecule has 0 aliphatic rings. The van der Waals surface area contributed by atoms with Gasteiger partial charge in [-0.05, 0) is 65.9 Å². The van der Waals surface area contributed by atoms with Gasteiger partial charge in [0.1, 0.15) is 0 Å². The monoisotopic (exact) mass is 402 g/mol. The number of ketones is 1. The maximum Gasteiger partial charge on any atom is 0.210 e. The second-order valence-corrected chi connectivity index (χ2v) is 7.45. The van der Waals surface area contributed by atoms with Gasteiger partial charge < -0.3 is 0 Å². The van der Waals surface area contributed by atoms with Crippen molar-refractivity contribution in [3.8, 4) is 0 Å². The molecule has 0 aliphatic heterocycles. The van der Waals surface area contributed by atoms with Gasteiger partial charge in [-0.25, -0.2) is 4.68 Å². The van der Waals surface area contributed by atoms with E-state index in [1.165, 1.54) is 11.8 Å². The molecule has 0 amide bonds. The number of thioether (sulfide) groups is 1. The first kappa shape index (κ1) is 15.4. The van der Waals surface area contributed by atoms with Gasteiger partial charge in [0.05, 0.1) is 11.3 Å². The molecule has 0 unspecified atom stereocenters. The Balaban J connectivity index is 2.04. The summed E-state index contributed by atoms with van der Waals surface area (Å²) in [5.74, 6) is 0.409. The zero-order chi connectivity index (χ0) is 14.8. The molecule has 0 N–H and O–H groups in total. The second-order valence-electron chi connectivity index (χ2n) is 5.26. The summed E-state index contributed by atoms with van der Waals surface area (Å²) < 4.78 is 2.85. The van der Waals surface area contributed by atoms with Gasteiger partial charge in [0.25, 0.3) is 0 Å². The number of tetrazole rings is 1. The van der Waals surface area contributed by atoms with Crippen LogP contribution < -0.4 is 0 Å². The number of hydrogen-bond acceptors (Lipinski definition) is 5. The average molecular weight is 402 g/mol. The van der Waals surface area contributed by atoms with Crippen LogP contribution in [0.25, 0.3) is 0 Å². The van der Waals surface area contributed by atoms with Gasteiger partial charge in [0.2, 0.25) is 5.16 Å². The van der Waals surface area contributed by atoms with Crippen molar-refractivity contribution in [3.05, 3.63) is 33.4 Å². The summed E-state index contributed by atoms with van der Waals surface area (Å²) in [7, 11) is 0. The SMILES string of the molecule is CC(C)(C)n1nnnc1SCC(=O)c1ccc(I)cc1. The first-order valence-electron chi connectivity index (χ1n) is 6.08. The lowest BCUT2D eigenvalue weighted by atomic mass is 10.1. The van der Waals surface area contributed by atoms with Crippen molar-refractivity contribution in [2.75, 3.05) is 5.75 Å². The third kappa shape index (κ3) is 3.78. The molecule has 1 heterocycles. The summed E-state index contributed by atoms with van der Waals surface area (Å²) in [6.45, 7) is 6.07. The van der Waals surface area contributed by atoms with E-state index in [-0.39, 0.29) is 11.3 Å². The lowest BCUT2D eigenvalue weighted by Gasteiger charge is -2.19. The summed E-state index contributed by atoms with van der Waals surface area (Å²) in [4.78, 5) is 12.1. The van der Waals surface area contributed by atoms with Crippen molar-refractivity contribution in [2.45, 2.75) is 31.5 Å². The van der Waals surface area contributed by atoms with Gasteiger partial charge >= 0.3 is 0 Å². The van der Waals surface area contributed by atoms with E-state index in [0.29, 0.717) is 16.5 Å². The van der Waals surface area contributed by atoms with Gasteiger partial charge in [0.15, 0.2) is 5.78 Å². The molecule has 0 spiro atoms. The predicted octanol–water partition coefficient (Wildman–Crippen LogP) is 3.01. The molecule has 2 rings (SSSR count). The molecule has 0 saturated carbocycles. The highest BCUT2D eigenvalue weighted by Crippen LogP contribution is 2.22. The number of hydrogen-bond donors (Lipinski definition) is 0. The Kier molecular flexibility index (Phi) is 4.79. The van der Waals surface area contributed by atoms with Crippen LogP contribution >= 0.6 is 34.4 Å². The molecular weight excluding hydrogens is 387 g/mol. The Labute approximate surface area is 135 Å². The van der Waals surface area contributed by atoms with E-state index in [0.717, 1.165) is 3.57 Å². The maximum absolute atomic E-state index is 12.1. The van der Waals surface area contributed by atoms with E-state index in [9.17, 15) is 4.79 Å². The zero-order valence-corrected chi connectivity index (χ0v) is 14.5. The van der Waals surface area contributed by atoms with E-state index in [1.807, 2.05) is 45.0 Å². The van der Waals surface area contributed by atoms with Gasteiger partial charge in [-0.3, -0.25) is 4.79 Å². The highest BCUT2D eigenvalue weighted by molar-refractivity contribution is 14.1. The lowest BCUT2D eigenvalue weighted by molar-refractivity contribution is 0.102. The molecule has 5 nitrogen and oxygen atoms in total. The van der Waals surface area contributed by atoms with Crippen molar-refractivity contribution in [3.63, 3.8) is 0 Å². The lowest BCUT2D eigenvalue weighted by Crippen LogP contribution is -2.24. The normalized spacial score (nSPS) is 11.6. The van der Waals surface area contributed by atoms with Crippen molar-refractivity contribution in [2.24, 2.45) is 0 Å². The second kappa shape index (κ2) is 6.21. The van der Waals surface area contributed by atoms with Gasteiger partial charge in [-0.15, -0.1) is 5.10 Å². The first-order valence-corrected chi connectivity index (χ1v) is 8.15. The van der Waals surface area contributed by atoms with Crippen LogP contribution in [0.15, 0.2) is 29.4 Å². The summed E-state index contributed by atoms with van der Waals surface area (Å²) in [6.07, 6.45) is 0. The van der Waals surface area contributed by atoms with Crippen molar-refractivity contribution >= 4 is 40.1 Å². The van der Waals surface area contributed by atoms with Crippen LogP contribution in [0.3, 0.4) is 0 Å². The first-order chi connectivity index (χ1) is 9.38. The van der Waals surface area contributed by atoms with E-state index in [1.54, 1.807) is 4.68 Å². The minimum Gasteiger partial charge on any atom is -0.293 e. The van der Waals surface area contributed by atoms with Crippen LogP contribution in [0, 0.1) is 3.57 Å². The van der Waals surface area contributed by atoms with Crippen LogP contribution in [-0.2, 0) is 5.54 Å². The molecule has 1 aromatic carbocycles. The molecule has 2 aromatic rings. The van der Waals surface area contributed by atoms with Gasteiger partial charge in [-0.2, -0.15) is 0 Å². The van der Waals surface area contributed by atoms with Gasteiger partial charge in [0, 0.05) is 9.13 Å². The van der Waals surface area contributed by atoms with Crippen molar-refractivity contribution in [1.82, 2.24) is 20.2 Å². The maximum atomic E-state index is 12.1. The molecule has 0 radical (unpaired) electrons. The fourth-order valence-corrected chi connectivity index (χ4v) is 2.85. The number of nitrogens with zero attached hydrogens (tertiary/aromatic N) is 4. The van der Waals surface area contributed by atoms with Crippen LogP contribution in [0.2, 0.25) is 0 Å². The highest BCUT2D eigenvalue weighted by Gasteiger charge is 2.20. The fraction of sp³-hybridized carbons (Fsp3) is 0.385. The minimum atomic E-state index is -0.197. The van der Waals surface area contributed by atoms with E-state index in [2.05, 4.69) is 38.1 Å². The number of Topliss-reactive ketones (excluding diaryl/α,β-unsaturated/α-hetero) is 1. The van der Waals surface area contributed by atoms with E-state index < -0.39 is 0 Å². The quantitative estimate of drug-likeness (QED) is 0.447. The number of carbonyl (C=O) groups is 1. The topological polar surface area (TPSA) is 60.7 Å². The van der Waals surface area contributed by atoms with Crippen LogP contribution in [0.5, 0.6) is 0 Å². The van der Waals surface area contributed by atoms with Crippen LogP contribution in [-0.4, -0.2) is 31.7 Å². The average Bonchev–Trinajstić information content (AvgIpc) is 2.85. The van der Waals surface area contributed by atoms with E-state index >= 15 is 0 Å². The molecule has 0 atom stereocenters. The molecule has 0 fully saturated rings. The molecule has 7 heteroatoms. The molecule has 0 saturated heterocycles. The molecule has 0 bridgehead atoms. The number of aromatic nitrogens is 4. The molecular formula is C13H15IN4OS. The number of halogens is 1. The summed E-state index contributed by atoms with van der Waals surface area (Å²) >= 11 is 3.58. The Morgan fingerprint density at radius 3 is 2.55 bits per heavy atom. The fourth-order valence-electron chi connectivity index (χ4n) is 1.54. The zero-order valence-electron chi connectivity index (χ0n) is 11.5. The number of carbonyl (C=O) groups excluding carboxylic acids is 1. The highest BCUT2D eigenvalue weighted by atomic mass is 127. The summed E-state index contributed by atoms with van der Waals surface area (Å²) in [5, 5.41) is 12.3.